The zero-order chi connectivity index (χ0) is 12.1. The van der Waals surface area contributed by atoms with E-state index in [0.717, 1.165) is 0 Å². The van der Waals surface area contributed by atoms with E-state index < -0.39 is 5.97 Å². The number of nitrogens with one attached hydrogen (secondary N) is 1. The van der Waals surface area contributed by atoms with Crippen LogP contribution in [0.25, 0.3) is 5.41 Å². The molecule has 1 aliphatic rings. The summed E-state index contributed by atoms with van der Waals surface area (Å²) in [5, 5.41) is 29.9. The number of carbonyl (C=O) groups is 1. The standard InChI is InChI=1S/C10H15N2O4.K/c1-16-10-7(11)2-6(5-13)3-8(10)12-4-9(14)15;/h6,12-13H,2-5H2,1H3,(H,14,15);/q-1;+1. The van der Waals surface area contributed by atoms with Crippen molar-refractivity contribution in [2.75, 3.05) is 20.3 Å². The average molecular weight is 266 g/mol. The second-order valence-corrected chi connectivity index (χ2v) is 3.66. The molecule has 90 valence electrons. The molecule has 0 heterocycles. The zero-order valence-corrected chi connectivity index (χ0v) is 13.2. The smallest absolute Gasteiger partial charge is 0.805 e. The van der Waals surface area contributed by atoms with Gasteiger partial charge in [-0.1, -0.05) is 0 Å². The van der Waals surface area contributed by atoms with Crippen LogP contribution in [-0.2, 0) is 9.53 Å². The van der Waals surface area contributed by atoms with Crippen molar-refractivity contribution < 1.29 is 71.1 Å². The van der Waals surface area contributed by atoms with E-state index >= 15 is 0 Å². The van der Waals surface area contributed by atoms with Gasteiger partial charge >= 0.3 is 57.4 Å². The molecule has 0 fully saturated rings. The van der Waals surface area contributed by atoms with Crippen molar-refractivity contribution in [1.82, 2.24) is 5.32 Å². The minimum atomic E-state index is -0.992. The summed E-state index contributed by atoms with van der Waals surface area (Å²) in [5.74, 6) is -0.810. The molecule has 0 amide bonds. The average Bonchev–Trinajstić information content (AvgIpc) is 2.25. The van der Waals surface area contributed by atoms with Gasteiger partial charge in [0.1, 0.15) is 12.3 Å². The van der Waals surface area contributed by atoms with E-state index in [1.807, 2.05) is 0 Å². The van der Waals surface area contributed by atoms with Gasteiger partial charge in [0.2, 0.25) is 0 Å². The molecular weight excluding hydrogens is 251 g/mol. The summed E-state index contributed by atoms with van der Waals surface area (Å²) in [5.41, 5.74) is 0.563. The van der Waals surface area contributed by atoms with Gasteiger partial charge in [-0.2, -0.15) is 0 Å². The van der Waals surface area contributed by atoms with E-state index in [4.69, 9.17) is 14.9 Å². The Balaban J connectivity index is 0.00000256. The Morgan fingerprint density at radius 2 is 2.24 bits per heavy atom. The van der Waals surface area contributed by atoms with E-state index in [-0.39, 0.29) is 81.9 Å². The van der Waals surface area contributed by atoms with Crippen LogP contribution in [0.4, 0.5) is 0 Å². The first kappa shape index (κ1) is 17.1. The number of allylic oxidation sites excluding steroid dienone is 2. The van der Waals surface area contributed by atoms with Crippen molar-refractivity contribution in [3.8, 4) is 0 Å². The Kier molecular flexibility index (Phi) is 8.26. The number of aliphatic hydroxyl groups is 1. The molecule has 1 unspecified atom stereocenters. The third-order valence-electron chi connectivity index (χ3n) is 2.43. The van der Waals surface area contributed by atoms with Crippen molar-refractivity contribution in [2.45, 2.75) is 12.8 Å². The summed E-state index contributed by atoms with van der Waals surface area (Å²) in [6.45, 7) is -0.299. The van der Waals surface area contributed by atoms with Crippen LogP contribution in [0, 0.1) is 5.92 Å². The van der Waals surface area contributed by atoms with Crippen LogP contribution in [0.2, 0.25) is 0 Å². The van der Waals surface area contributed by atoms with Crippen LogP contribution in [0.5, 0.6) is 0 Å². The number of carboxylic acids is 1. The predicted octanol–water partition coefficient (Wildman–Crippen LogP) is -3.06. The van der Waals surface area contributed by atoms with Crippen molar-refractivity contribution in [3.05, 3.63) is 16.9 Å². The van der Waals surface area contributed by atoms with E-state index in [0.29, 0.717) is 18.5 Å². The molecule has 0 aromatic heterocycles. The largest absolute Gasteiger partial charge is 1.00 e. The van der Waals surface area contributed by atoms with Gasteiger partial charge in [-0.3, -0.25) is 4.79 Å². The van der Waals surface area contributed by atoms with Crippen LogP contribution in [0.1, 0.15) is 12.8 Å². The van der Waals surface area contributed by atoms with Gasteiger partial charge in [0.25, 0.3) is 0 Å². The maximum absolute atomic E-state index is 10.4. The first-order valence-corrected chi connectivity index (χ1v) is 4.97. The summed E-state index contributed by atoms with van der Waals surface area (Å²) >= 11 is 0. The second-order valence-electron chi connectivity index (χ2n) is 3.66. The number of hydrogen-bond donors (Lipinski definition) is 3. The minimum absolute atomic E-state index is 0. The molecule has 17 heavy (non-hydrogen) atoms. The Labute approximate surface area is 142 Å². The summed E-state index contributed by atoms with van der Waals surface area (Å²) in [7, 11) is 1.41. The molecule has 0 spiro atoms. The first-order valence-electron chi connectivity index (χ1n) is 4.97. The van der Waals surface area contributed by atoms with Gasteiger partial charge in [-0.05, 0) is 18.8 Å². The van der Waals surface area contributed by atoms with Crippen LogP contribution in [-0.4, -0.2) is 42.2 Å². The third kappa shape index (κ3) is 5.07. The quantitative estimate of drug-likeness (QED) is 0.459. The number of hydrogen-bond acceptors (Lipinski definition) is 4. The molecule has 0 saturated carbocycles. The molecule has 0 aromatic rings. The van der Waals surface area contributed by atoms with Gasteiger partial charge in [0, 0.05) is 6.61 Å². The summed E-state index contributed by atoms with van der Waals surface area (Å²) in [6.07, 6.45) is 0.814. The van der Waals surface area contributed by atoms with Crippen LogP contribution in [0.3, 0.4) is 0 Å². The van der Waals surface area contributed by atoms with Gasteiger partial charge < -0.3 is 25.7 Å². The zero-order valence-electron chi connectivity index (χ0n) is 10.1. The summed E-state index contributed by atoms with van der Waals surface area (Å²) in [6, 6.07) is 0. The molecule has 0 bridgehead atoms. The summed E-state index contributed by atoms with van der Waals surface area (Å²) in [4.78, 5) is 10.4. The van der Waals surface area contributed by atoms with E-state index in [1.165, 1.54) is 7.11 Å². The fraction of sp³-hybridized carbons (Fsp3) is 0.600. The number of methoxy groups -OCH3 is 1. The molecule has 0 aromatic carbocycles. The van der Waals surface area contributed by atoms with E-state index in [9.17, 15) is 10.2 Å². The number of carboxylic acid groups (broad SMARTS) is 1. The molecule has 0 aliphatic heterocycles. The van der Waals surface area contributed by atoms with Crippen LogP contribution in [0.15, 0.2) is 11.5 Å². The molecule has 1 rings (SSSR count). The number of rotatable bonds is 5. The van der Waals surface area contributed by atoms with Gasteiger partial charge in [0.05, 0.1) is 12.8 Å². The van der Waals surface area contributed by atoms with E-state index in [1.54, 1.807) is 0 Å². The van der Waals surface area contributed by atoms with Crippen LogP contribution < -0.4 is 56.7 Å². The topological polar surface area (TPSA) is 101 Å². The fourth-order valence-electron chi connectivity index (χ4n) is 1.70. The van der Waals surface area contributed by atoms with Gasteiger partial charge in [0.15, 0.2) is 0 Å². The second kappa shape index (κ2) is 8.23. The van der Waals surface area contributed by atoms with Gasteiger partial charge in [-0.15, -0.1) is 5.71 Å². The molecule has 1 aliphatic carbocycles. The molecule has 1 atom stereocenters. The van der Waals surface area contributed by atoms with Crippen molar-refractivity contribution >= 4 is 11.7 Å². The number of ether oxygens (including phenoxy) is 1. The van der Waals surface area contributed by atoms with Crippen molar-refractivity contribution in [1.29, 1.82) is 0 Å². The van der Waals surface area contributed by atoms with Crippen molar-refractivity contribution in [3.63, 3.8) is 0 Å². The Hall–Kier alpha value is 0.0764. The Morgan fingerprint density at radius 1 is 1.59 bits per heavy atom. The third-order valence-corrected chi connectivity index (χ3v) is 2.43. The monoisotopic (exact) mass is 266 g/mol. The molecule has 0 radical (unpaired) electrons. The Morgan fingerprint density at radius 3 is 2.71 bits per heavy atom. The molecular formula is C10H15KN2O4. The fourth-order valence-corrected chi connectivity index (χ4v) is 1.70. The van der Waals surface area contributed by atoms with E-state index in [2.05, 4.69) is 5.32 Å². The maximum atomic E-state index is 10.4. The minimum Gasteiger partial charge on any atom is -0.805 e. The molecule has 0 saturated heterocycles. The molecule has 7 heteroatoms. The summed E-state index contributed by atoms with van der Waals surface area (Å²) < 4.78 is 5.00. The van der Waals surface area contributed by atoms with Gasteiger partial charge in [-0.25, -0.2) is 0 Å². The number of nitrogens with zero attached hydrogens (tertiary/aromatic N) is 1. The normalized spacial score (nSPS) is 19.6. The molecule has 6 nitrogen and oxygen atoms in total. The van der Waals surface area contributed by atoms with Crippen molar-refractivity contribution in [2.24, 2.45) is 5.92 Å². The van der Waals surface area contributed by atoms with Crippen LogP contribution >= 0.6 is 0 Å². The Bertz CT molecular complexity index is 330. The predicted molar refractivity (Wildman–Crippen MR) is 57.8 cm³/mol. The SMILES string of the molecule is COC1=C(NCC(=O)O)CC(CO)CC1=[N-].[K+]. The number of aliphatic hydroxyl groups excluding tert-OH is 1. The molecule has 3 N–H and O–H groups in total. The number of aliphatic carboxylic acids is 1. The first-order chi connectivity index (χ1) is 7.58. The maximum Gasteiger partial charge on any atom is 1.00 e.